The van der Waals surface area contributed by atoms with Gasteiger partial charge in [0, 0.05) is 16.0 Å². The van der Waals surface area contributed by atoms with Crippen molar-refractivity contribution in [2.75, 3.05) is 0 Å². The molecule has 76 valence electrons. The average Bonchev–Trinajstić information content (AvgIpc) is 2.66. The number of fused-ring (bicyclic) bond motifs is 3. The van der Waals surface area contributed by atoms with Crippen LogP contribution in [0.1, 0.15) is 17.5 Å². The molecule has 0 atom stereocenters. The lowest BCUT2D eigenvalue weighted by Crippen LogP contribution is -2.12. The van der Waals surface area contributed by atoms with E-state index in [1.807, 2.05) is 18.2 Å². The Bertz CT molecular complexity index is 600. The molecule has 15 heavy (non-hydrogen) atoms. The van der Waals surface area contributed by atoms with Crippen molar-refractivity contribution >= 4 is 22.5 Å². The van der Waals surface area contributed by atoms with E-state index < -0.39 is 0 Å². The van der Waals surface area contributed by atoms with E-state index in [4.69, 9.17) is 11.6 Å². The number of rotatable bonds is 0. The molecule has 2 nitrogen and oxygen atoms in total. The van der Waals surface area contributed by atoms with E-state index in [-0.39, 0.29) is 5.56 Å². The summed E-state index contributed by atoms with van der Waals surface area (Å²) < 4.78 is 0. The number of aromatic amines is 1. The molecule has 0 aliphatic heterocycles. The molecule has 1 aromatic carbocycles. The molecular formula is C12H10ClNO. The SMILES string of the molecule is O=c1[nH]c2cc(Cl)ccc2c2c1CCC2. The highest BCUT2D eigenvalue weighted by molar-refractivity contribution is 6.31. The Labute approximate surface area is 91.9 Å². The first-order chi connectivity index (χ1) is 7.25. The molecule has 3 rings (SSSR count). The lowest BCUT2D eigenvalue weighted by atomic mass is 10.1. The van der Waals surface area contributed by atoms with E-state index in [1.165, 1.54) is 5.56 Å². The third kappa shape index (κ3) is 1.29. The molecule has 0 saturated heterocycles. The zero-order chi connectivity index (χ0) is 10.4. The fourth-order valence-electron chi connectivity index (χ4n) is 2.37. The standard InChI is InChI=1S/C12H10ClNO/c13-7-4-5-9-8-2-1-3-10(8)12(15)14-11(9)6-7/h4-6H,1-3H2,(H,14,15). The summed E-state index contributed by atoms with van der Waals surface area (Å²) in [7, 11) is 0. The van der Waals surface area contributed by atoms with Crippen LogP contribution in [0, 0.1) is 0 Å². The van der Waals surface area contributed by atoms with Crippen molar-refractivity contribution in [3.8, 4) is 0 Å². The van der Waals surface area contributed by atoms with Gasteiger partial charge in [0.25, 0.3) is 5.56 Å². The Morgan fingerprint density at radius 2 is 2.00 bits per heavy atom. The molecule has 3 heteroatoms. The number of nitrogens with one attached hydrogen (secondary N) is 1. The van der Waals surface area contributed by atoms with Crippen molar-refractivity contribution in [3.05, 3.63) is 44.7 Å². The van der Waals surface area contributed by atoms with E-state index in [1.54, 1.807) is 0 Å². The first-order valence-electron chi connectivity index (χ1n) is 5.09. The highest BCUT2D eigenvalue weighted by Gasteiger charge is 2.17. The number of aromatic nitrogens is 1. The van der Waals surface area contributed by atoms with Gasteiger partial charge in [0.1, 0.15) is 0 Å². The van der Waals surface area contributed by atoms with E-state index in [0.717, 1.165) is 35.7 Å². The van der Waals surface area contributed by atoms with Crippen molar-refractivity contribution in [2.24, 2.45) is 0 Å². The van der Waals surface area contributed by atoms with Crippen molar-refractivity contribution < 1.29 is 0 Å². The third-order valence-electron chi connectivity index (χ3n) is 3.05. The first kappa shape index (κ1) is 8.98. The van der Waals surface area contributed by atoms with Crippen LogP contribution in [0.4, 0.5) is 0 Å². The average molecular weight is 220 g/mol. The minimum Gasteiger partial charge on any atom is -0.322 e. The minimum absolute atomic E-state index is 0.0530. The molecule has 1 aliphatic carbocycles. The van der Waals surface area contributed by atoms with Gasteiger partial charge in [-0.05, 0) is 37.0 Å². The van der Waals surface area contributed by atoms with Gasteiger partial charge >= 0.3 is 0 Å². The van der Waals surface area contributed by atoms with Crippen LogP contribution in [0.2, 0.25) is 5.02 Å². The molecule has 0 amide bonds. The van der Waals surface area contributed by atoms with Crippen LogP contribution in [0.15, 0.2) is 23.0 Å². The number of pyridine rings is 1. The van der Waals surface area contributed by atoms with Gasteiger partial charge in [-0.3, -0.25) is 4.79 Å². The highest BCUT2D eigenvalue weighted by atomic mass is 35.5. The van der Waals surface area contributed by atoms with Crippen LogP contribution < -0.4 is 5.56 Å². The van der Waals surface area contributed by atoms with Gasteiger partial charge in [-0.15, -0.1) is 0 Å². The van der Waals surface area contributed by atoms with Gasteiger partial charge in [-0.25, -0.2) is 0 Å². The smallest absolute Gasteiger partial charge is 0.251 e. The van der Waals surface area contributed by atoms with Gasteiger partial charge < -0.3 is 4.98 Å². The second-order valence-corrected chi connectivity index (χ2v) is 4.39. The normalized spacial score (nSPS) is 14.5. The topological polar surface area (TPSA) is 32.9 Å². The lowest BCUT2D eigenvalue weighted by Gasteiger charge is -2.04. The van der Waals surface area contributed by atoms with Gasteiger partial charge in [0.05, 0.1) is 5.52 Å². The van der Waals surface area contributed by atoms with Crippen molar-refractivity contribution in [2.45, 2.75) is 19.3 Å². The second kappa shape index (κ2) is 3.11. The molecule has 0 spiro atoms. The Morgan fingerprint density at radius 1 is 1.20 bits per heavy atom. The maximum Gasteiger partial charge on any atom is 0.251 e. The van der Waals surface area contributed by atoms with Crippen LogP contribution in [0.25, 0.3) is 10.9 Å². The molecule has 1 heterocycles. The predicted molar refractivity (Wildman–Crippen MR) is 61.6 cm³/mol. The first-order valence-corrected chi connectivity index (χ1v) is 5.47. The van der Waals surface area contributed by atoms with Crippen LogP contribution in [-0.4, -0.2) is 4.98 Å². The largest absolute Gasteiger partial charge is 0.322 e. The molecule has 0 radical (unpaired) electrons. The molecular weight excluding hydrogens is 210 g/mol. The predicted octanol–water partition coefficient (Wildman–Crippen LogP) is 2.67. The molecule has 0 bridgehead atoms. The summed E-state index contributed by atoms with van der Waals surface area (Å²) in [6.45, 7) is 0. The van der Waals surface area contributed by atoms with Gasteiger partial charge in [-0.1, -0.05) is 17.7 Å². The van der Waals surface area contributed by atoms with Gasteiger partial charge in [0.2, 0.25) is 0 Å². The Balaban J connectivity index is 2.48. The summed E-state index contributed by atoms with van der Waals surface area (Å²) in [5.74, 6) is 0. The maximum atomic E-state index is 11.7. The summed E-state index contributed by atoms with van der Waals surface area (Å²) >= 11 is 5.90. The summed E-state index contributed by atoms with van der Waals surface area (Å²) in [6.07, 6.45) is 3.00. The number of hydrogen-bond acceptors (Lipinski definition) is 1. The number of H-pyrrole nitrogens is 1. The number of aryl methyl sites for hydroxylation is 1. The number of hydrogen-bond donors (Lipinski definition) is 1. The van der Waals surface area contributed by atoms with Crippen molar-refractivity contribution in [1.29, 1.82) is 0 Å². The van der Waals surface area contributed by atoms with E-state index in [9.17, 15) is 4.79 Å². The highest BCUT2D eigenvalue weighted by Crippen LogP contribution is 2.27. The van der Waals surface area contributed by atoms with E-state index in [2.05, 4.69) is 4.98 Å². The third-order valence-corrected chi connectivity index (χ3v) is 3.28. The summed E-state index contributed by atoms with van der Waals surface area (Å²) in [5.41, 5.74) is 3.08. The molecule has 0 saturated carbocycles. The fraction of sp³-hybridized carbons (Fsp3) is 0.250. The number of benzene rings is 1. The maximum absolute atomic E-state index is 11.7. The quantitative estimate of drug-likeness (QED) is 0.726. The summed E-state index contributed by atoms with van der Waals surface area (Å²) in [5, 5.41) is 1.81. The summed E-state index contributed by atoms with van der Waals surface area (Å²) in [6, 6.07) is 5.69. The van der Waals surface area contributed by atoms with Crippen molar-refractivity contribution in [1.82, 2.24) is 4.98 Å². The molecule has 2 aromatic rings. The second-order valence-electron chi connectivity index (χ2n) is 3.95. The van der Waals surface area contributed by atoms with Crippen molar-refractivity contribution in [3.63, 3.8) is 0 Å². The molecule has 1 aromatic heterocycles. The summed E-state index contributed by atoms with van der Waals surface area (Å²) in [4.78, 5) is 14.6. The molecule has 0 unspecified atom stereocenters. The van der Waals surface area contributed by atoms with E-state index >= 15 is 0 Å². The Kier molecular flexibility index (Phi) is 1.86. The minimum atomic E-state index is 0.0530. The zero-order valence-corrected chi connectivity index (χ0v) is 8.90. The Morgan fingerprint density at radius 3 is 2.87 bits per heavy atom. The van der Waals surface area contributed by atoms with Crippen LogP contribution in [0.3, 0.4) is 0 Å². The van der Waals surface area contributed by atoms with Gasteiger partial charge in [-0.2, -0.15) is 0 Å². The van der Waals surface area contributed by atoms with Crippen LogP contribution in [0.5, 0.6) is 0 Å². The number of halogens is 1. The molecule has 1 N–H and O–H groups in total. The molecule has 0 fully saturated rings. The van der Waals surface area contributed by atoms with Crippen LogP contribution in [-0.2, 0) is 12.8 Å². The zero-order valence-electron chi connectivity index (χ0n) is 8.14. The lowest BCUT2D eigenvalue weighted by molar-refractivity contribution is 0.909. The monoisotopic (exact) mass is 219 g/mol. The van der Waals surface area contributed by atoms with E-state index in [0.29, 0.717) is 5.02 Å². The van der Waals surface area contributed by atoms with Crippen LogP contribution >= 0.6 is 11.6 Å². The Hall–Kier alpha value is -1.28. The van der Waals surface area contributed by atoms with Gasteiger partial charge in [0.15, 0.2) is 0 Å². The molecule has 1 aliphatic rings. The fourth-order valence-corrected chi connectivity index (χ4v) is 2.54.